The van der Waals surface area contributed by atoms with Gasteiger partial charge in [-0.1, -0.05) is 6.07 Å². The highest BCUT2D eigenvalue weighted by Gasteiger charge is 2.30. The first kappa shape index (κ1) is 18.2. The lowest BCUT2D eigenvalue weighted by Gasteiger charge is -2.26. The van der Waals surface area contributed by atoms with Gasteiger partial charge in [-0.25, -0.2) is 4.98 Å². The minimum atomic E-state index is -0.351. The molecule has 0 spiro atoms. The van der Waals surface area contributed by atoms with Crippen LogP contribution >= 0.6 is 0 Å². The first-order valence-corrected chi connectivity index (χ1v) is 9.87. The van der Waals surface area contributed by atoms with Crippen LogP contribution in [0.1, 0.15) is 64.5 Å². The molecule has 3 heterocycles. The molecule has 2 amide bonds. The molecule has 0 saturated carbocycles. The third-order valence-electron chi connectivity index (χ3n) is 5.42. The fraction of sp³-hybridized carbons (Fsp3) is 0.429. The minimum Gasteiger partial charge on any atom is -0.337 e. The molecule has 1 saturated heterocycles. The molecule has 4 rings (SSSR count). The predicted octanol–water partition coefficient (Wildman–Crippen LogP) is 2.97. The zero-order chi connectivity index (χ0) is 19.5. The molecule has 7 heteroatoms. The summed E-state index contributed by atoms with van der Waals surface area (Å²) in [5, 5.41) is 11.9. The number of hydrogen-bond donors (Lipinski definition) is 1. The van der Waals surface area contributed by atoms with Crippen LogP contribution in [0.2, 0.25) is 0 Å². The number of nitriles is 1. The van der Waals surface area contributed by atoms with Gasteiger partial charge in [-0.05, 0) is 56.7 Å². The molecule has 0 atom stereocenters. The van der Waals surface area contributed by atoms with Gasteiger partial charge in [-0.15, -0.1) is 0 Å². The molecule has 0 unspecified atom stereocenters. The van der Waals surface area contributed by atoms with E-state index in [-0.39, 0.29) is 17.6 Å². The van der Waals surface area contributed by atoms with Crippen molar-refractivity contribution in [2.75, 3.05) is 18.4 Å². The number of anilines is 1. The number of piperidine rings is 1. The molecule has 7 nitrogen and oxygen atoms in total. The zero-order valence-corrected chi connectivity index (χ0v) is 15.8. The quantitative estimate of drug-likeness (QED) is 0.890. The van der Waals surface area contributed by atoms with Gasteiger partial charge < -0.3 is 14.8 Å². The van der Waals surface area contributed by atoms with Crippen molar-refractivity contribution in [1.82, 2.24) is 14.5 Å². The lowest BCUT2D eigenvalue weighted by Crippen LogP contribution is -2.36. The van der Waals surface area contributed by atoms with Crippen molar-refractivity contribution in [3.63, 3.8) is 0 Å². The highest BCUT2D eigenvalue weighted by Crippen LogP contribution is 2.24. The second-order valence-corrected chi connectivity index (χ2v) is 7.34. The summed E-state index contributed by atoms with van der Waals surface area (Å²) >= 11 is 0. The number of imidazole rings is 1. The van der Waals surface area contributed by atoms with E-state index in [0.29, 0.717) is 23.5 Å². The summed E-state index contributed by atoms with van der Waals surface area (Å²) in [4.78, 5) is 32.3. The Bertz CT molecular complexity index is 950. The van der Waals surface area contributed by atoms with Crippen molar-refractivity contribution in [3.05, 3.63) is 47.0 Å². The van der Waals surface area contributed by atoms with Crippen LogP contribution in [0.3, 0.4) is 0 Å². The van der Waals surface area contributed by atoms with E-state index in [1.54, 1.807) is 24.3 Å². The van der Waals surface area contributed by atoms with Gasteiger partial charge >= 0.3 is 0 Å². The maximum Gasteiger partial charge on any atom is 0.291 e. The number of amides is 2. The maximum atomic E-state index is 13.0. The highest BCUT2D eigenvalue weighted by molar-refractivity contribution is 6.03. The molecule has 2 aliphatic rings. The van der Waals surface area contributed by atoms with Crippen molar-refractivity contribution < 1.29 is 9.59 Å². The third-order valence-corrected chi connectivity index (χ3v) is 5.42. The Balaban J connectivity index is 1.63. The van der Waals surface area contributed by atoms with Gasteiger partial charge in [0.25, 0.3) is 11.8 Å². The largest absolute Gasteiger partial charge is 0.337 e. The SMILES string of the molecule is N#Cc1cccc(NC(=O)c2nc(C(=O)N3CCCCC3)c3n2CCCC3)c1. The van der Waals surface area contributed by atoms with Crippen molar-refractivity contribution in [1.29, 1.82) is 5.26 Å². The Morgan fingerprint density at radius 1 is 1.07 bits per heavy atom. The summed E-state index contributed by atoms with van der Waals surface area (Å²) in [6.07, 6.45) is 5.91. The van der Waals surface area contributed by atoms with E-state index in [9.17, 15) is 9.59 Å². The Kier molecular flexibility index (Phi) is 5.11. The van der Waals surface area contributed by atoms with Gasteiger partial charge in [0.2, 0.25) is 0 Å². The standard InChI is InChI=1S/C21H23N5O2/c22-14-15-7-6-8-16(13-15)23-20(27)19-24-18(17-9-2-5-12-26(17)19)21(28)25-10-3-1-4-11-25/h6-8,13H,1-5,9-12H2,(H,23,27). The number of carbonyl (C=O) groups is 2. The summed E-state index contributed by atoms with van der Waals surface area (Å²) < 4.78 is 1.89. The zero-order valence-electron chi connectivity index (χ0n) is 15.8. The first-order valence-electron chi connectivity index (χ1n) is 9.87. The minimum absolute atomic E-state index is 0.0594. The van der Waals surface area contributed by atoms with E-state index >= 15 is 0 Å². The van der Waals surface area contributed by atoms with E-state index in [1.807, 2.05) is 9.47 Å². The van der Waals surface area contributed by atoms with Gasteiger partial charge in [0.15, 0.2) is 5.82 Å². The van der Waals surface area contributed by atoms with E-state index in [1.165, 1.54) is 0 Å². The van der Waals surface area contributed by atoms with Crippen LogP contribution in [0.15, 0.2) is 24.3 Å². The second-order valence-electron chi connectivity index (χ2n) is 7.34. The fourth-order valence-corrected chi connectivity index (χ4v) is 3.99. The summed E-state index contributed by atoms with van der Waals surface area (Å²) in [5.74, 6) is -0.135. The fourth-order valence-electron chi connectivity index (χ4n) is 3.99. The van der Waals surface area contributed by atoms with Crippen LogP contribution in [0.25, 0.3) is 0 Å². The molecular weight excluding hydrogens is 354 g/mol. The molecule has 0 bridgehead atoms. The van der Waals surface area contributed by atoms with E-state index < -0.39 is 0 Å². The molecule has 1 N–H and O–H groups in total. The Labute approximate surface area is 164 Å². The average Bonchev–Trinajstić information content (AvgIpc) is 3.14. The summed E-state index contributed by atoms with van der Waals surface area (Å²) in [5.41, 5.74) is 2.32. The number of nitrogens with zero attached hydrogens (tertiary/aromatic N) is 4. The first-order chi connectivity index (χ1) is 13.7. The Morgan fingerprint density at radius 3 is 2.64 bits per heavy atom. The predicted molar refractivity (Wildman–Crippen MR) is 104 cm³/mol. The van der Waals surface area contributed by atoms with Gasteiger partial charge in [-0.2, -0.15) is 5.26 Å². The third kappa shape index (κ3) is 3.50. The lowest BCUT2D eigenvalue weighted by molar-refractivity contribution is 0.0717. The molecule has 1 fully saturated rings. The number of carbonyl (C=O) groups excluding carboxylic acids is 2. The molecule has 144 valence electrons. The average molecular weight is 377 g/mol. The van der Waals surface area contributed by atoms with Crippen LogP contribution in [-0.2, 0) is 13.0 Å². The molecular formula is C21H23N5O2. The molecule has 2 aromatic rings. The maximum absolute atomic E-state index is 13.0. The number of likely N-dealkylation sites (tertiary alicyclic amines) is 1. The molecule has 2 aliphatic heterocycles. The number of fused-ring (bicyclic) bond motifs is 1. The van der Waals surface area contributed by atoms with Crippen LogP contribution in [0.5, 0.6) is 0 Å². The normalized spacial score (nSPS) is 16.2. The van der Waals surface area contributed by atoms with E-state index in [0.717, 1.165) is 57.3 Å². The molecule has 28 heavy (non-hydrogen) atoms. The van der Waals surface area contributed by atoms with E-state index in [4.69, 9.17) is 5.26 Å². The number of benzene rings is 1. The lowest BCUT2D eigenvalue weighted by atomic mass is 10.1. The summed E-state index contributed by atoms with van der Waals surface area (Å²) in [6, 6.07) is 8.83. The number of nitrogens with one attached hydrogen (secondary N) is 1. The van der Waals surface area contributed by atoms with Gasteiger partial charge in [0, 0.05) is 25.3 Å². The van der Waals surface area contributed by atoms with Gasteiger partial charge in [0.1, 0.15) is 5.69 Å². The molecule has 1 aromatic carbocycles. The monoisotopic (exact) mass is 377 g/mol. The van der Waals surface area contributed by atoms with Crippen molar-refractivity contribution >= 4 is 17.5 Å². The van der Waals surface area contributed by atoms with Crippen LogP contribution in [-0.4, -0.2) is 39.4 Å². The highest BCUT2D eigenvalue weighted by atomic mass is 16.2. The Morgan fingerprint density at radius 2 is 1.86 bits per heavy atom. The van der Waals surface area contributed by atoms with E-state index in [2.05, 4.69) is 16.4 Å². The van der Waals surface area contributed by atoms with Gasteiger partial charge in [-0.3, -0.25) is 9.59 Å². The van der Waals surface area contributed by atoms with Crippen LogP contribution in [0, 0.1) is 11.3 Å². The summed E-state index contributed by atoms with van der Waals surface area (Å²) in [6.45, 7) is 2.21. The molecule has 0 aliphatic carbocycles. The Hall–Kier alpha value is -3.14. The van der Waals surface area contributed by atoms with Gasteiger partial charge in [0.05, 0.1) is 17.3 Å². The molecule has 1 aromatic heterocycles. The molecule has 0 radical (unpaired) electrons. The number of hydrogen-bond acceptors (Lipinski definition) is 4. The number of rotatable bonds is 3. The van der Waals surface area contributed by atoms with Crippen LogP contribution in [0.4, 0.5) is 5.69 Å². The summed E-state index contributed by atoms with van der Waals surface area (Å²) in [7, 11) is 0. The number of aromatic nitrogens is 2. The van der Waals surface area contributed by atoms with Crippen molar-refractivity contribution in [2.24, 2.45) is 0 Å². The smallest absolute Gasteiger partial charge is 0.291 e. The van der Waals surface area contributed by atoms with Crippen molar-refractivity contribution in [2.45, 2.75) is 45.1 Å². The second kappa shape index (κ2) is 7.85. The van der Waals surface area contributed by atoms with Crippen LogP contribution < -0.4 is 5.32 Å². The topological polar surface area (TPSA) is 91.0 Å². The van der Waals surface area contributed by atoms with Crippen molar-refractivity contribution in [3.8, 4) is 6.07 Å².